The van der Waals surface area contributed by atoms with Crippen molar-refractivity contribution in [3.05, 3.63) is 30.7 Å². The highest BCUT2D eigenvalue weighted by Gasteiger charge is 2.49. The predicted molar refractivity (Wildman–Crippen MR) is 163 cm³/mol. The molecule has 244 valence electrons. The summed E-state index contributed by atoms with van der Waals surface area (Å²) in [7, 11) is 1.53. The molecule has 3 fully saturated rings. The zero-order chi connectivity index (χ0) is 32.3. The molecule has 1 saturated carbocycles. The third-order valence-corrected chi connectivity index (χ3v) is 8.15. The van der Waals surface area contributed by atoms with Gasteiger partial charge >= 0.3 is 18.2 Å². The lowest BCUT2D eigenvalue weighted by atomic mass is 10.0. The molecule has 1 aliphatic carbocycles. The van der Waals surface area contributed by atoms with Gasteiger partial charge in [-0.15, -0.1) is 0 Å². The summed E-state index contributed by atoms with van der Waals surface area (Å²) in [5, 5.41) is 5.41. The third-order valence-electron chi connectivity index (χ3n) is 8.15. The van der Waals surface area contributed by atoms with Crippen LogP contribution < -0.4 is 20.3 Å². The molecule has 5 atom stereocenters. The average molecular weight is 629 g/mol. The van der Waals surface area contributed by atoms with Crippen molar-refractivity contribution < 1.29 is 33.0 Å². The lowest BCUT2D eigenvalue weighted by Crippen LogP contribution is -2.55. The maximum absolute atomic E-state index is 15.1. The molecule has 45 heavy (non-hydrogen) atoms. The summed E-state index contributed by atoms with van der Waals surface area (Å²) >= 11 is 0. The standard InChI is InChI=1S/C30H41FN8O6/c1-6-43-26-15-33-24(14-34-26)36-27(40)37(5)22-17-38(10-8-21(22)31)25-12-19(7-9-32-25)35-28(41)44-23-13-20-11-18(23)16-39(20)29(42)45-30(2,3)4/h7,9,12,14-15,18,20-23H,6,8,10-11,13,16-17H2,1-5H3,(H,32,35,41)(H,33,36,40)/t18-,20-,21-,22+,23+/m1/s1. The zero-order valence-electron chi connectivity index (χ0n) is 26.2. The monoisotopic (exact) mass is 628 g/mol. The summed E-state index contributed by atoms with van der Waals surface area (Å²) in [5.41, 5.74) is -0.0963. The number of aromatic nitrogens is 3. The number of halogens is 1. The van der Waals surface area contributed by atoms with E-state index < -0.39 is 29.9 Å². The fraction of sp³-hybridized carbons (Fsp3) is 0.600. The summed E-state index contributed by atoms with van der Waals surface area (Å²) in [6.07, 6.45) is 3.38. The molecule has 0 spiro atoms. The molecular weight excluding hydrogens is 587 g/mol. The molecule has 4 heterocycles. The number of likely N-dealkylation sites (tertiary alicyclic amines) is 1. The van der Waals surface area contributed by atoms with Crippen molar-refractivity contribution in [3.63, 3.8) is 0 Å². The van der Waals surface area contributed by atoms with E-state index in [0.717, 1.165) is 6.42 Å². The quantitative estimate of drug-likeness (QED) is 0.454. The minimum absolute atomic E-state index is 0.0179. The van der Waals surface area contributed by atoms with Crippen molar-refractivity contribution in [1.82, 2.24) is 24.8 Å². The fourth-order valence-corrected chi connectivity index (χ4v) is 5.98. The van der Waals surface area contributed by atoms with Gasteiger partial charge in [-0.2, -0.15) is 0 Å². The number of anilines is 3. The van der Waals surface area contributed by atoms with Gasteiger partial charge in [-0.1, -0.05) is 0 Å². The number of urea groups is 1. The second kappa shape index (κ2) is 13.3. The second-order valence-corrected chi connectivity index (χ2v) is 12.5. The van der Waals surface area contributed by atoms with Crippen molar-refractivity contribution in [2.45, 2.75) is 76.9 Å². The van der Waals surface area contributed by atoms with Crippen LogP contribution in [0.5, 0.6) is 5.88 Å². The van der Waals surface area contributed by atoms with Crippen molar-refractivity contribution in [2.75, 3.05) is 48.8 Å². The normalized spacial score (nSPS) is 24.2. The number of fused-ring (bicyclic) bond motifs is 2. The van der Waals surface area contributed by atoms with E-state index >= 15 is 4.39 Å². The Labute approximate surface area is 261 Å². The minimum Gasteiger partial charge on any atom is -0.477 e. The molecule has 5 rings (SSSR count). The molecule has 2 aliphatic heterocycles. The van der Waals surface area contributed by atoms with Crippen LogP contribution in [-0.4, -0.2) is 106 Å². The molecule has 14 nitrogen and oxygen atoms in total. The van der Waals surface area contributed by atoms with Crippen LogP contribution in [-0.2, 0) is 9.47 Å². The van der Waals surface area contributed by atoms with Gasteiger partial charge in [-0.3, -0.25) is 10.6 Å². The van der Waals surface area contributed by atoms with E-state index in [0.29, 0.717) is 43.5 Å². The molecule has 2 aromatic rings. The van der Waals surface area contributed by atoms with Gasteiger partial charge in [-0.05, 0) is 46.6 Å². The second-order valence-electron chi connectivity index (χ2n) is 12.5. The molecular formula is C30H41FN8O6. The highest BCUT2D eigenvalue weighted by atomic mass is 19.1. The summed E-state index contributed by atoms with van der Waals surface area (Å²) in [5.74, 6) is 1.14. The average Bonchev–Trinajstić information content (AvgIpc) is 3.58. The lowest BCUT2D eigenvalue weighted by molar-refractivity contribution is 0.00568. The number of ether oxygens (including phenoxy) is 3. The fourth-order valence-electron chi connectivity index (χ4n) is 5.98. The van der Waals surface area contributed by atoms with Gasteiger partial charge in [0.25, 0.3) is 0 Å². The van der Waals surface area contributed by atoms with E-state index in [-0.39, 0.29) is 42.9 Å². The molecule has 0 radical (unpaired) electrons. The Kier molecular flexibility index (Phi) is 9.44. The van der Waals surface area contributed by atoms with Gasteiger partial charge < -0.3 is 28.9 Å². The number of piperidine rings is 2. The highest BCUT2D eigenvalue weighted by Crippen LogP contribution is 2.40. The van der Waals surface area contributed by atoms with Crippen LogP contribution in [0.15, 0.2) is 30.7 Å². The molecule has 0 unspecified atom stereocenters. The molecule has 2 N–H and O–H groups in total. The largest absolute Gasteiger partial charge is 0.477 e. The van der Waals surface area contributed by atoms with Gasteiger partial charge in [0.1, 0.15) is 23.7 Å². The van der Waals surface area contributed by atoms with Crippen molar-refractivity contribution in [2.24, 2.45) is 5.92 Å². The summed E-state index contributed by atoms with van der Waals surface area (Å²) in [6.45, 7) is 8.84. The molecule has 0 aromatic carbocycles. The number of hydrogen-bond donors (Lipinski definition) is 2. The SMILES string of the molecule is CCOc1cnc(NC(=O)N(C)[C@H]2CN(c3cc(NC(=O)O[C@H]4C[C@H]5C[C@@H]4CN5C(=O)OC(C)(C)C)ccn3)CC[C@H]2F)cn1. The van der Waals surface area contributed by atoms with Crippen molar-refractivity contribution >= 4 is 35.5 Å². The zero-order valence-corrected chi connectivity index (χ0v) is 26.2. The van der Waals surface area contributed by atoms with Gasteiger partial charge in [-0.25, -0.2) is 33.7 Å². The van der Waals surface area contributed by atoms with Crippen LogP contribution in [0, 0.1) is 5.92 Å². The van der Waals surface area contributed by atoms with Crippen LogP contribution in [0.1, 0.15) is 47.0 Å². The Morgan fingerprint density at radius 3 is 2.58 bits per heavy atom. The van der Waals surface area contributed by atoms with Gasteiger partial charge in [0.15, 0.2) is 5.82 Å². The Hall–Kier alpha value is -4.43. The number of alkyl halides is 1. The van der Waals surface area contributed by atoms with Crippen LogP contribution in [0.25, 0.3) is 0 Å². The highest BCUT2D eigenvalue weighted by molar-refractivity contribution is 5.88. The molecule has 15 heteroatoms. The molecule has 4 amide bonds. The first-order chi connectivity index (χ1) is 21.4. The van der Waals surface area contributed by atoms with Gasteiger partial charge in [0.05, 0.1) is 25.0 Å². The number of likely N-dealkylation sites (N-methyl/N-ethyl adjacent to an activating group) is 1. The van der Waals surface area contributed by atoms with E-state index in [4.69, 9.17) is 14.2 Å². The van der Waals surface area contributed by atoms with Crippen molar-refractivity contribution in [3.8, 4) is 5.88 Å². The number of carbonyl (C=O) groups excluding carboxylic acids is 3. The maximum atomic E-state index is 15.1. The van der Waals surface area contributed by atoms with E-state index in [2.05, 4.69) is 25.6 Å². The van der Waals surface area contributed by atoms with Crippen LogP contribution >= 0.6 is 0 Å². The first kappa shape index (κ1) is 32.0. The third kappa shape index (κ3) is 7.81. The Bertz CT molecular complexity index is 1370. The smallest absolute Gasteiger partial charge is 0.411 e. The topological polar surface area (TPSA) is 151 Å². The number of carbonyl (C=O) groups is 3. The van der Waals surface area contributed by atoms with E-state index in [1.807, 2.05) is 32.6 Å². The number of amides is 4. The van der Waals surface area contributed by atoms with Crippen LogP contribution in [0.3, 0.4) is 0 Å². The van der Waals surface area contributed by atoms with Crippen molar-refractivity contribution in [1.29, 1.82) is 0 Å². The van der Waals surface area contributed by atoms with E-state index in [1.165, 1.54) is 24.3 Å². The van der Waals surface area contributed by atoms with Gasteiger partial charge in [0, 0.05) is 63.0 Å². The first-order valence-corrected chi connectivity index (χ1v) is 15.2. The number of rotatable bonds is 7. The lowest BCUT2D eigenvalue weighted by Gasteiger charge is -2.40. The predicted octanol–water partition coefficient (Wildman–Crippen LogP) is 4.30. The van der Waals surface area contributed by atoms with Crippen LogP contribution in [0.2, 0.25) is 0 Å². The Morgan fingerprint density at radius 1 is 1.11 bits per heavy atom. The first-order valence-electron chi connectivity index (χ1n) is 15.2. The molecule has 2 aromatic heterocycles. The molecule has 3 aliphatic rings. The van der Waals surface area contributed by atoms with Crippen LogP contribution in [0.4, 0.5) is 36.1 Å². The number of nitrogens with one attached hydrogen (secondary N) is 2. The molecule has 2 saturated heterocycles. The van der Waals surface area contributed by atoms with E-state index in [9.17, 15) is 14.4 Å². The number of nitrogens with zero attached hydrogens (tertiary/aromatic N) is 6. The number of hydrogen-bond acceptors (Lipinski definition) is 10. The minimum atomic E-state index is -1.24. The maximum Gasteiger partial charge on any atom is 0.411 e. The summed E-state index contributed by atoms with van der Waals surface area (Å²) in [6, 6.07) is 2.04. The number of pyridine rings is 1. The van der Waals surface area contributed by atoms with E-state index in [1.54, 1.807) is 23.2 Å². The summed E-state index contributed by atoms with van der Waals surface area (Å²) in [4.78, 5) is 55.8. The summed E-state index contributed by atoms with van der Waals surface area (Å²) < 4.78 is 31.6. The Balaban J connectivity index is 1.13. The van der Waals surface area contributed by atoms with Gasteiger partial charge in [0.2, 0.25) is 5.88 Å². The molecule has 2 bridgehead atoms. The Morgan fingerprint density at radius 2 is 1.91 bits per heavy atom.